The average molecular weight is 334 g/mol. The highest BCUT2D eigenvalue weighted by Crippen LogP contribution is 2.22. The van der Waals surface area contributed by atoms with Gasteiger partial charge < -0.3 is 15.2 Å². The molecular weight excluding hydrogens is 314 g/mol. The summed E-state index contributed by atoms with van der Waals surface area (Å²) in [4.78, 5) is 12.2. The second-order valence-corrected chi connectivity index (χ2v) is 5.62. The third-order valence-electron chi connectivity index (χ3n) is 3.54. The van der Waals surface area contributed by atoms with Crippen LogP contribution in [0.3, 0.4) is 0 Å². The van der Waals surface area contributed by atoms with Crippen LogP contribution in [0.15, 0.2) is 42.5 Å². The first kappa shape index (κ1) is 17.3. The number of nitrogens with one attached hydrogen (secondary N) is 1. The molecule has 5 heteroatoms. The number of hydrogen-bond acceptors (Lipinski definition) is 3. The summed E-state index contributed by atoms with van der Waals surface area (Å²) >= 11 is 5.93. The molecule has 0 bridgehead atoms. The maximum absolute atomic E-state index is 12.2. The zero-order valence-corrected chi connectivity index (χ0v) is 13.8. The van der Waals surface area contributed by atoms with Gasteiger partial charge in [0.25, 0.3) is 5.91 Å². The monoisotopic (exact) mass is 333 g/mol. The lowest BCUT2D eigenvalue weighted by Crippen LogP contribution is -2.25. The molecule has 0 radical (unpaired) electrons. The van der Waals surface area contributed by atoms with Gasteiger partial charge in [0.15, 0.2) is 0 Å². The Kier molecular flexibility index (Phi) is 6.44. The normalized spacial score (nSPS) is 10.4. The Morgan fingerprint density at radius 3 is 2.52 bits per heavy atom. The van der Waals surface area contributed by atoms with E-state index < -0.39 is 0 Å². The van der Waals surface area contributed by atoms with Gasteiger partial charge >= 0.3 is 0 Å². The molecule has 2 N–H and O–H groups in total. The first-order valence-corrected chi connectivity index (χ1v) is 7.82. The number of methoxy groups -OCH3 is 1. The number of aryl methyl sites for hydroxylation is 1. The Labute approximate surface area is 141 Å². The second-order valence-electron chi connectivity index (χ2n) is 5.18. The highest BCUT2D eigenvalue weighted by molar-refractivity contribution is 6.31. The number of halogens is 1. The summed E-state index contributed by atoms with van der Waals surface area (Å²) in [5, 5.41) is 12.4. The number of aliphatic hydroxyl groups is 1. The molecule has 0 unspecified atom stereocenters. The number of hydrogen-bond donors (Lipinski definition) is 2. The van der Waals surface area contributed by atoms with Gasteiger partial charge in [-0.05, 0) is 42.2 Å². The molecule has 0 aliphatic heterocycles. The van der Waals surface area contributed by atoms with Gasteiger partial charge in [-0.3, -0.25) is 4.79 Å². The quantitative estimate of drug-likeness (QED) is 0.765. The third kappa shape index (κ3) is 4.98. The second kappa shape index (κ2) is 8.56. The van der Waals surface area contributed by atoms with Crippen molar-refractivity contribution in [2.24, 2.45) is 0 Å². The summed E-state index contributed by atoms with van der Waals surface area (Å²) in [5.41, 5.74) is 2.51. The van der Waals surface area contributed by atoms with Crippen LogP contribution in [0.1, 0.15) is 27.9 Å². The van der Waals surface area contributed by atoms with Crippen LogP contribution >= 0.6 is 11.6 Å². The van der Waals surface area contributed by atoms with Gasteiger partial charge in [-0.2, -0.15) is 0 Å². The van der Waals surface area contributed by atoms with Crippen molar-refractivity contribution < 1.29 is 14.6 Å². The molecule has 2 aromatic rings. The maximum Gasteiger partial charge on any atom is 0.255 e. The molecule has 0 atom stereocenters. The SMILES string of the molecule is COc1ccc(Cl)cc1C(=O)NCCCc1ccc(CO)cc1. The third-order valence-corrected chi connectivity index (χ3v) is 3.77. The largest absolute Gasteiger partial charge is 0.496 e. The lowest BCUT2D eigenvalue weighted by atomic mass is 10.1. The Balaban J connectivity index is 1.83. The number of aliphatic hydroxyl groups excluding tert-OH is 1. The van der Waals surface area contributed by atoms with E-state index in [1.165, 1.54) is 12.7 Å². The van der Waals surface area contributed by atoms with E-state index in [9.17, 15) is 4.79 Å². The van der Waals surface area contributed by atoms with Crippen LogP contribution in [0.5, 0.6) is 5.75 Å². The van der Waals surface area contributed by atoms with Crippen LogP contribution < -0.4 is 10.1 Å². The average Bonchev–Trinajstić information content (AvgIpc) is 2.59. The van der Waals surface area contributed by atoms with E-state index in [-0.39, 0.29) is 12.5 Å². The number of ether oxygens (including phenoxy) is 1. The van der Waals surface area contributed by atoms with Crippen molar-refractivity contribution in [1.82, 2.24) is 5.32 Å². The van der Waals surface area contributed by atoms with Crippen molar-refractivity contribution in [3.63, 3.8) is 0 Å². The van der Waals surface area contributed by atoms with Crippen LogP contribution in [0.2, 0.25) is 5.02 Å². The Hall–Kier alpha value is -2.04. The minimum atomic E-state index is -0.194. The van der Waals surface area contributed by atoms with Crippen LogP contribution in [-0.4, -0.2) is 24.7 Å². The summed E-state index contributed by atoms with van der Waals surface area (Å²) in [6.45, 7) is 0.619. The number of benzene rings is 2. The molecular formula is C18H20ClNO3. The zero-order valence-electron chi connectivity index (χ0n) is 13.0. The molecule has 2 aromatic carbocycles. The van der Waals surface area contributed by atoms with Gasteiger partial charge in [0.1, 0.15) is 5.75 Å². The Morgan fingerprint density at radius 1 is 1.17 bits per heavy atom. The first-order chi connectivity index (χ1) is 11.1. The van der Waals surface area contributed by atoms with E-state index >= 15 is 0 Å². The Bertz CT molecular complexity index is 656. The molecule has 0 fully saturated rings. The molecule has 0 aliphatic rings. The van der Waals surface area contributed by atoms with Crippen LogP contribution in [0.25, 0.3) is 0 Å². The highest BCUT2D eigenvalue weighted by Gasteiger charge is 2.12. The maximum atomic E-state index is 12.2. The molecule has 0 saturated heterocycles. The van der Waals surface area contributed by atoms with Gasteiger partial charge in [-0.15, -0.1) is 0 Å². The molecule has 122 valence electrons. The molecule has 1 amide bonds. The lowest BCUT2D eigenvalue weighted by molar-refractivity contribution is 0.0950. The summed E-state index contributed by atoms with van der Waals surface area (Å²) in [7, 11) is 1.52. The fourth-order valence-electron chi connectivity index (χ4n) is 2.26. The molecule has 23 heavy (non-hydrogen) atoms. The number of carbonyl (C=O) groups is 1. The van der Waals surface area contributed by atoms with Gasteiger partial charge in [0, 0.05) is 11.6 Å². The molecule has 0 aromatic heterocycles. The number of rotatable bonds is 7. The Morgan fingerprint density at radius 2 is 1.87 bits per heavy atom. The van der Waals surface area contributed by atoms with Crippen LogP contribution in [0, 0.1) is 0 Å². The molecule has 4 nitrogen and oxygen atoms in total. The predicted octanol–water partition coefficient (Wildman–Crippen LogP) is 3.20. The van der Waals surface area contributed by atoms with Crippen LogP contribution in [0.4, 0.5) is 0 Å². The topological polar surface area (TPSA) is 58.6 Å². The minimum absolute atomic E-state index is 0.0534. The number of carbonyl (C=O) groups excluding carboxylic acids is 1. The first-order valence-electron chi connectivity index (χ1n) is 7.44. The summed E-state index contributed by atoms with van der Waals surface area (Å²) in [6.07, 6.45) is 1.69. The molecule has 2 rings (SSSR count). The van der Waals surface area contributed by atoms with Crippen molar-refractivity contribution in [1.29, 1.82) is 0 Å². The fraction of sp³-hybridized carbons (Fsp3) is 0.278. The van der Waals surface area contributed by atoms with E-state index in [2.05, 4.69) is 5.32 Å². The minimum Gasteiger partial charge on any atom is -0.496 e. The van der Waals surface area contributed by atoms with Gasteiger partial charge in [0.2, 0.25) is 0 Å². The van der Waals surface area contributed by atoms with E-state index in [0.29, 0.717) is 22.9 Å². The molecule has 0 spiro atoms. The van der Waals surface area contributed by atoms with Gasteiger partial charge in [-0.1, -0.05) is 35.9 Å². The van der Waals surface area contributed by atoms with Crippen LogP contribution in [-0.2, 0) is 13.0 Å². The fourth-order valence-corrected chi connectivity index (χ4v) is 2.43. The molecule has 0 heterocycles. The zero-order chi connectivity index (χ0) is 16.7. The van der Waals surface area contributed by atoms with E-state index in [1.54, 1.807) is 18.2 Å². The van der Waals surface area contributed by atoms with Gasteiger partial charge in [0.05, 0.1) is 19.3 Å². The summed E-state index contributed by atoms with van der Waals surface area (Å²) in [6, 6.07) is 12.8. The molecule has 0 saturated carbocycles. The number of amides is 1. The van der Waals surface area contributed by atoms with Crippen molar-refractivity contribution in [3.8, 4) is 5.75 Å². The standard InChI is InChI=1S/C18H20ClNO3/c1-23-17-9-8-15(19)11-16(17)18(22)20-10-2-3-13-4-6-14(12-21)7-5-13/h4-9,11,21H,2-3,10,12H2,1H3,(H,20,22). The summed E-state index contributed by atoms with van der Waals surface area (Å²) in [5.74, 6) is 0.312. The van der Waals surface area contributed by atoms with Crippen molar-refractivity contribution >= 4 is 17.5 Å². The summed E-state index contributed by atoms with van der Waals surface area (Å²) < 4.78 is 5.18. The smallest absolute Gasteiger partial charge is 0.255 e. The van der Waals surface area contributed by atoms with Crippen molar-refractivity contribution in [2.45, 2.75) is 19.4 Å². The van der Waals surface area contributed by atoms with E-state index in [4.69, 9.17) is 21.4 Å². The van der Waals surface area contributed by atoms with Gasteiger partial charge in [-0.25, -0.2) is 0 Å². The van der Waals surface area contributed by atoms with Crippen molar-refractivity contribution in [3.05, 3.63) is 64.2 Å². The predicted molar refractivity (Wildman–Crippen MR) is 91.0 cm³/mol. The molecule has 0 aliphatic carbocycles. The lowest BCUT2D eigenvalue weighted by Gasteiger charge is -2.10. The van der Waals surface area contributed by atoms with E-state index in [0.717, 1.165) is 18.4 Å². The van der Waals surface area contributed by atoms with Crippen molar-refractivity contribution in [2.75, 3.05) is 13.7 Å². The van der Waals surface area contributed by atoms with E-state index in [1.807, 2.05) is 24.3 Å². The highest BCUT2D eigenvalue weighted by atomic mass is 35.5.